The number of aromatic nitrogens is 2. The van der Waals surface area contributed by atoms with Crippen LogP contribution in [0, 0.1) is 0 Å². The Morgan fingerprint density at radius 2 is 1.89 bits per heavy atom. The number of alkyl halides is 1. The van der Waals surface area contributed by atoms with Crippen LogP contribution in [0.25, 0.3) is 0 Å². The summed E-state index contributed by atoms with van der Waals surface area (Å²) in [6.07, 6.45) is 1.72. The number of halogens is 1. The molecule has 1 heterocycles. The number of hydrogen-bond donors (Lipinski definition) is 0. The number of rotatable bonds is 5. The van der Waals surface area contributed by atoms with Gasteiger partial charge in [-0.2, -0.15) is 4.98 Å². The van der Waals surface area contributed by atoms with Gasteiger partial charge in [0, 0.05) is 0 Å². The molecule has 1 aromatic carbocycles. The van der Waals surface area contributed by atoms with E-state index in [1.54, 1.807) is 0 Å². The monoisotopic (exact) mass is 264 g/mol. The lowest BCUT2D eigenvalue weighted by atomic mass is 9.96. The molecule has 0 fully saturated rings. The largest absolute Gasteiger partial charge is 0.339 e. The number of nitrogens with zero attached hydrogens (tertiary/aromatic N) is 2. The average Bonchev–Trinajstić information content (AvgIpc) is 2.89. The van der Waals surface area contributed by atoms with Crippen LogP contribution in [0.5, 0.6) is 0 Å². The van der Waals surface area contributed by atoms with E-state index in [0.717, 1.165) is 12.8 Å². The van der Waals surface area contributed by atoms with Crippen molar-refractivity contribution in [1.29, 1.82) is 0 Å². The van der Waals surface area contributed by atoms with E-state index in [-0.39, 0.29) is 11.3 Å². The molecule has 3 nitrogen and oxygen atoms in total. The molecule has 0 aliphatic carbocycles. The molecule has 0 amide bonds. The minimum atomic E-state index is -0.171. The fourth-order valence-corrected chi connectivity index (χ4v) is 2.03. The molecule has 18 heavy (non-hydrogen) atoms. The topological polar surface area (TPSA) is 38.9 Å². The van der Waals surface area contributed by atoms with E-state index in [4.69, 9.17) is 16.1 Å². The zero-order valence-corrected chi connectivity index (χ0v) is 11.4. The molecule has 96 valence electrons. The summed E-state index contributed by atoms with van der Waals surface area (Å²) in [7, 11) is 0. The van der Waals surface area contributed by atoms with Crippen molar-refractivity contribution in [2.24, 2.45) is 0 Å². The van der Waals surface area contributed by atoms with E-state index < -0.39 is 0 Å². The van der Waals surface area contributed by atoms with Crippen molar-refractivity contribution in [2.45, 2.75) is 38.0 Å². The summed E-state index contributed by atoms with van der Waals surface area (Å²) in [5, 5.41) is 3.79. The molecule has 2 rings (SSSR count). The van der Waals surface area contributed by atoms with Gasteiger partial charge < -0.3 is 4.52 Å². The summed E-state index contributed by atoms with van der Waals surface area (Å²) < 4.78 is 5.35. The SMILES string of the molecule is CCC(Cl)c1noc(C(CC)c2ccccc2)n1. The quantitative estimate of drug-likeness (QED) is 0.756. The van der Waals surface area contributed by atoms with Crippen molar-refractivity contribution in [3.05, 3.63) is 47.6 Å². The molecule has 2 aromatic rings. The molecule has 0 spiro atoms. The highest BCUT2D eigenvalue weighted by Crippen LogP contribution is 2.28. The van der Waals surface area contributed by atoms with Gasteiger partial charge in [-0.15, -0.1) is 11.6 Å². The lowest BCUT2D eigenvalue weighted by molar-refractivity contribution is 0.358. The fraction of sp³-hybridized carbons (Fsp3) is 0.429. The molecule has 0 radical (unpaired) electrons. The molecule has 0 aliphatic rings. The minimum Gasteiger partial charge on any atom is -0.339 e. The third kappa shape index (κ3) is 2.72. The van der Waals surface area contributed by atoms with Gasteiger partial charge in [-0.3, -0.25) is 0 Å². The Balaban J connectivity index is 2.26. The molecule has 0 saturated carbocycles. The maximum atomic E-state index is 6.11. The Bertz CT molecular complexity index is 484. The Hall–Kier alpha value is -1.35. The van der Waals surface area contributed by atoms with E-state index in [0.29, 0.717) is 11.7 Å². The summed E-state index contributed by atoms with van der Waals surface area (Å²) in [6, 6.07) is 10.2. The van der Waals surface area contributed by atoms with Crippen LogP contribution >= 0.6 is 11.6 Å². The summed E-state index contributed by atoms with van der Waals surface area (Å²) in [5.74, 6) is 1.38. The summed E-state index contributed by atoms with van der Waals surface area (Å²) in [4.78, 5) is 4.42. The summed E-state index contributed by atoms with van der Waals surface area (Å²) in [5.41, 5.74) is 1.19. The average molecular weight is 265 g/mol. The molecule has 0 saturated heterocycles. The van der Waals surface area contributed by atoms with Crippen LogP contribution in [0.4, 0.5) is 0 Å². The van der Waals surface area contributed by atoms with Gasteiger partial charge in [0.1, 0.15) is 0 Å². The van der Waals surface area contributed by atoms with Crippen LogP contribution in [0.3, 0.4) is 0 Å². The molecule has 0 bridgehead atoms. The normalized spacial score (nSPS) is 14.4. The van der Waals surface area contributed by atoms with Crippen LogP contribution in [-0.4, -0.2) is 10.1 Å². The maximum absolute atomic E-state index is 6.11. The summed E-state index contributed by atoms with van der Waals surface area (Å²) >= 11 is 6.11. The standard InChI is InChI=1S/C14H17ClN2O/c1-3-11(10-8-6-5-7-9-10)14-16-13(17-18-14)12(15)4-2/h5-9,11-12H,3-4H2,1-2H3. The molecule has 1 aromatic heterocycles. The Labute approximate surface area is 112 Å². The number of benzene rings is 1. The second-order valence-electron chi connectivity index (χ2n) is 4.24. The van der Waals surface area contributed by atoms with E-state index in [1.165, 1.54) is 5.56 Å². The van der Waals surface area contributed by atoms with Gasteiger partial charge in [-0.1, -0.05) is 49.3 Å². The van der Waals surface area contributed by atoms with E-state index in [1.807, 2.05) is 25.1 Å². The highest BCUT2D eigenvalue weighted by molar-refractivity contribution is 6.20. The van der Waals surface area contributed by atoms with Crippen molar-refractivity contribution >= 4 is 11.6 Å². The second kappa shape index (κ2) is 6.01. The molecule has 0 N–H and O–H groups in total. The van der Waals surface area contributed by atoms with Crippen LogP contribution in [-0.2, 0) is 0 Å². The predicted molar refractivity (Wildman–Crippen MR) is 71.8 cm³/mol. The first-order chi connectivity index (χ1) is 8.76. The van der Waals surface area contributed by atoms with Crippen molar-refractivity contribution < 1.29 is 4.52 Å². The second-order valence-corrected chi connectivity index (χ2v) is 4.76. The van der Waals surface area contributed by atoms with Gasteiger partial charge in [-0.05, 0) is 18.4 Å². The minimum absolute atomic E-state index is 0.146. The van der Waals surface area contributed by atoms with E-state index in [9.17, 15) is 0 Å². The molecule has 4 heteroatoms. The molecule has 2 unspecified atom stereocenters. The van der Waals surface area contributed by atoms with Crippen LogP contribution in [0.2, 0.25) is 0 Å². The Kier molecular flexibility index (Phi) is 4.37. The van der Waals surface area contributed by atoms with Gasteiger partial charge in [0.25, 0.3) is 0 Å². The third-order valence-corrected chi connectivity index (χ3v) is 3.51. The molecule has 2 atom stereocenters. The number of hydrogen-bond acceptors (Lipinski definition) is 3. The Morgan fingerprint density at radius 3 is 2.50 bits per heavy atom. The lowest BCUT2D eigenvalue weighted by Gasteiger charge is -2.09. The van der Waals surface area contributed by atoms with Gasteiger partial charge in [0.15, 0.2) is 5.82 Å². The first-order valence-electron chi connectivity index (χ1n) is 6.28. The molecule has 0 aliphatic heterocycles. The van der Waals surface area contributed by atoms with Crippen LogP contribution in [0.15, 0.2) is 34.9 Å². The Morgan fingerprint density at radius 1 is 1.17 bits per heavy atom. The smallest absolute Gasteiger partial charge is 0.234 e. The van der Waals surface area contributed by atoms with Crippen molar-refractivity contribution in [3.8, 4) is 0 Å². The predicted octanol–water partition coefficient (Wildman–Crippen LogP) is 4.30. The van der Waals surface area contributed by atoms with Gasteiger partial charge in [0.05, 0.1) is 11.3 Å². The van der Waals surface area contributed by atoms with Gasteiger partial charge in [-0.25, -0.2) is 0 Å². The van der Waals surface area contributed by atoms with E-state index >= 15 is 0 Å². The van der Waals surface area contributed by atoms with Crippen molar-refractivity contribution in [1.82, 2.24) is 10.1 Å². The zero-order chi connectivity index (χ0) is 13.0. The summed E-state index contributed by atoms with van der Waals surface area (Å²) in [6.45, 7) is 4.11. The maximum Gasteiger partial charge on any atom is 0.234 e. The lowest BCUT2D eigenvalue weighted by Crippen LogP contribution is -2.00. The molecular weight excluding hydrogens is 248 g/mol. The first kappa shape index (κ1) is 13.1. The fourth-order valence-electron chi connectivity index (χ4n) is 1.94. The van der Waals surface area contributed by atoms with Crippen LogP contribution in [0.1, 0.15) is 55.3 Å². The third-order valence-electron chi connectivity index (χ3n) is 3.00. The molecular formula is C14H17ClN2O. The van der Waals surface area contributed by atoms with Gasteiger partial charge >= 0.3 is 0 Å². The highest BCUT2D eigenvalue weighted by atomic mass is 35.5. The van der Waals surface area contributed by atoms with Gasteiger partial charge in [0.2, 0.25) is 5.89 Å². The van der Waals surface area contributed by atoms with Crippen molar-refractivity contribution in [2.75, 3.05) is 0 Å². The first-order valence-corrected chi connectivity index (χ1v) is 6.72. The highest BCUT2D eigenvalue weighted by Gasteiger charge is 2.21. The van der Waals surface area contributed by atoms with E-state index in [2.05, 4.69) is 29.2 Å². The van der Waals surface area contributed by atoms with Crippen molar-refractivity contribution in [3.63, 3.8) is 0 Å². The zero-order valence-electron chi connectivity index (χ0n) is 10.6. The van der Waals surface area contributed by atoms with Crippen LogP contribution < -0.4 is 0 Å².